The Bertz CT molecular complexity index is 1360. The van der Waals surface area contributed by atoms with E-state index in [1.807, 2.05) is 30.3 Å². The number of amides is 1. The predicted molar refractivity (Wildman–Crippen MR) is 155 cm³/mol. The number of nitrogens with one attached hydrogen (secondary N) is 1. The number of piperazine rings is 1. The highest BCUT2D eigenvalue weighted by atomic mass is 16.5. The van der Waals surface area contributed by atoms with Crippen LogP contribution >= 0.6 is 0 Å². The molecule has 1 N–H and O–H groups in total. The normalized spacial score (nSPS) is 22.3. The van der Waals surface area contributed by atoms with Crippen LogP contribution in [-0.2, 0) is 12.1 Å². The third kappa shape index (κ3) is 4.62. The number of aromatic nitrogens is 2. The van der Waals surface area contributed by atoms with Gasteiger partial charge < -0.3 is 29.5 Å². The van der Waals surface area contributed by atoms with Gasteiger partial charge in [0.1, 0.15) is 0 Å². The summed E-state index contributed by atoms with van der Waals surface area (Å²) < 4.78 is 11.2. The third-order valence-electron chi connectivity index (χ3n) is 8.88. The molecular weight excluding hydrogens is 504 g/mol. The van der Waals surface area contributed by atoms with Gasteiger partial charge in [0, 0.05) is 68.5 Å². The van der Waals surface area contributed by atoms with Crippen LogP contribution in [0.3, 0.4) is 0 Å². The predicted octanol–water partition coefficient (Wildman–Crippen LogP) is 4.01. The van der Waals surface area contributed by atoms with Gasteiger partial charge in [0.25, 0.3) is 5.91 Å². The van der Waals surface area contributed by atoms with E-state index in [0.29, 0.717) is 24.0 Å². The summed E-state index contributed by atoms with van der Waals surface area (Å²) in [5, 5.41) is 3.34. The Morgan fingerprint density at radius 2 is 1.77 bits per heavy atom. The Kier molecular flexibility index (Phi) is 7.23. The maximum Gasteiger partial charge on any atom is 0.255 e. The molecule has 1 aliphatic carbocycles. The van der Waals surface area contributed by atoms with Gasteiger partial charge in [-0.3, -0.25) is 4.79 Å². The van der Waals surface area contributed by atoms with Crippen molar-refractivity contribution < 1.29 is 14.3 Å². The Hall–Kier alpha value is -3.85. The zero-order valence-electron chi connectivity index (χ0n) is 23.6. The molecule has 1 amide bonds. The number of hydrogen-bond acceptors (Lipinski definition) is 8. The van der Waals surface area contributed by atoms with Crippen LogP contribution in [0, 0.1) is 5.92 Å². The van der Waals surface area contributed by atoms with Gasteiger partial charge >= 0.3 is 0 Å². The highest BCUT2D eigenvalue weighted by Crippen LogP contribution is 2.61. The van der Waals surface area contributed by atoms with Crippen molar-refractivity contribution >= 4 is 17.5 Å². The Morgan fingerprint density at radius 3 is 2.50 bits per heavy atom. The minimum Gasteiger partial charge on any atom is -0.493 e. The van der Waals surface area contributed by atoms with Gasteiger partial charge in [-0.05, 0) is 61.2 Å². The lowest BCUT2D eigenvalue weighted by atomic mass is 9.98. The first-order valence-electron chi connectivity index (χ1n) is 14.2. The fourth-order valence-corrected chi connectivity index (χ4v) is 6.59. The molecule has 1 saturated heterocycles. The molecule has 2 aromatic carbocycles. The second-order valence-electron chi connectivity index (χ2n) is 10.8. The van der Waals surface area contributed by atoms with Crippen LogP contribution in [0.2, 0.25) is 0 Å². The molecule has 3 aliphatic rings. The lowest BCUT2D eigenvalue weighted by Gasteiger charge is -2.36. The van der Waals surface area contributed by atoms with Gasteiger partial charge in [0.15, 0.2) is 11.5 Å². The zero-order valence-corrected chi connectivity index (χ0v) is 23.6. The van der Waals surface area contributed by atoms with Crippen LogP contribution in [0.25, 0.3) is 0 Å². The van der Waals surface area contributed by atoms with Crippen LogP contribution in [0.4, 0.5) is 11.6 Å². The number of rotatable bonds is 10. The fraction of sp³-hybridized carbons (Fsp3) is 0.452. The molecule has 40 heavy (non-hydrogen) atoms. The van der Waals surface area contributed by atoms with Crippen molar-refractivity contribution in [2.24, 2.45) is 5.92 Å². The fourth-order valence-electron chi connectivity index (χ4n) is 6.59. The SMILES string of the molecule is CCN1CCN(c2cccc3c2CN(C2(c4ccc(OC)c(OC)c4)C[C@@H]2CCNc2ncccn2)C3=O)CC1. The van der Waals surface area contributed by atoms with Crippen molar-refractivity contribution in [3.8, 4) is 11.5 Å². The van der Waals surface area contributed by atoms with Crippen molar-refractivity contribution in [1.29, 1.82) is 0 Å². The van der Waals surface area contributed by atoms with Crippen LogP contribution in [0.15, 0.2) is 54.9 Å². The quantitative estimate of drug-likeness (QED) is 0.412. The molecule has 0 bridgehead atoms. The number of ether oxygens (including phenoxy) is 2. The second-order valence-corrected chi connectivity index (χ2v) is 10.8. The molecule has 9 nitrogen and oxygen atoms in total. The largest absolute Gasteiger partial charge is 0.493 e. The van der Waals surface area contributed by atoms with Gasteiger partial charge in [0.05, 0.1) is 19.8 Å². The number of carbonyl (C=O) groups excluding carboxylic acids is 1. The van der Waals surface area contributed by atoms with E-state index in [-0.39, 0.29) is 11.8 Å². The highest BCUT2D eigenvalue weighted by Gasteiger charge is 2.62. The van der Waals surface area contributed by atoms with Gasteiger partial charge in [-0.1, -0.05) is 19.1 Å². The van der Waals surface area contributed by atoms with Crippen molar-refractivity contribution in [3.63, 3.8) is 0 Å². The smallest absolute Gasteiger partial charge is 0.255 e. The van der Waals surface area contributed by atoms with E-state index in [4.69, 9.17) is 9.47 Å². The average Bonchev–Trinajstić information content (AvgIpc) is 3.64. The summed E-state index contributed by atoms with van der Waals surface area (Å²) in [6.45, 7) is 8.69. The first kappa shape index (κ1) is 26.4. The molecule has 2 aliphatic heterocycles. The molecule has 9 heteroatoms. The minimum absolute atomic E-state index is 0.112. The lowest BCUT2D eigenvalue weighted by Crippen LogP contribution is -2.46. The number of carbonyl (C=O) groups is 1. The van der Waals surface area contributed by atoms with Gasteiger partial charge in [-0.25, -0.2) is 9.97 Å². The molecule has 1 saturated carbocycles. The number of fused-ring (bicyclic) bond motifs is 1. The van der Waals surface area contributed by atoms with E-state index in [9.17, 15) is 4.79 Å². The first-order valence-corrected chi connectivity index (χ1v) is 14.2. The molecule has 2 atom stereocenters. The van der Waals surface area contributed by atoms with Gasteiger partial charge in [-0.2, -0.15) is 0 Å². The van der Waals surface area contributed by atoms with Gasteiger partial charge in [0.2, 0.25) is 5.95 Å². The molecule has 0 spiro atoms. The molecule has 1 aromatic heterocycles. The number of nitrogens with zero attached hydrogens (tertiary/aromatic N) is 5. The molecule has 210 valence electrons. The van der Waals surface area contributed by atoms with E-state index in [0.717, 1.165) is 68.8 Å². The van der Waals surface area contributed by atoms with Crippen LogP contribution in [-0.4, -0.2) is 79.2 Å². The van der Waals surface area contributed by atoms with Crippen molar-refractivity contribution in [3.05, 3.63) is 71.5 Å². The molecular formula is C31H38N6O3. The summed E-state index contributed by atoms with van der Waals surface area (Å²) in [4.78, 5) is 29.7. The molecule has 1 unspecified atom stereocenters. The summed E-state index contributed by atoms with van der Waals surface area (Å²) in [6, 6.07) is 14.1. The van der Waals surface area contributed by atoms with Crippen molar-refractivity contribution in [2.45, 2.75) is 31.8 Å². The van der Waals surface area contributed by atoms with E-state index >= 15 is 0 Å². The average molecular weight is 543 g/mol. The maximum atomic E-state index is 14.1. The van der Waals surface area contributed by atoms with Crippen LogP contribution < -0.4 is 19.7 Å². The molecule has 2 fully saturated rings. The number of benzene rings is 2. The van der Waals surface area contributed by atoms with Gasteiger partial charge in [-0.15, -0.1) is 0 Å². The van der Waals surface area contributed by atoms with E-state index in [1.165, 1.54) is 5.69 Å². The number of likely N-dealkylation sites (N-methyl/N-ethyl adjacent to an activating group) is 1. The number of hydrogen-bond donors (Lipinski definition) is 1. The van der Waals surface area contributed by atoms with E-state index < -0.39 is 5.54 Å². The van der Waals surface area contributed by atoms with Crippen LogP contribution in [0.1, 0.15) is 41.3 Å². The zero-order chi connectivity index (χ0) is 27.7. The first-order chi connectivity index (χ1) is 19.6. The monoisotopic (exact) mass is 542 g/mol. The Labute approximate surface area is 236 Å². The number of anilines is 2. The molecule has 3 aromatic rings. The topological polar surface area (TPSA) is 83.1 Å². The summed E-state index contributed by atoms with van der Waals surface area (Å²) >= 11 is 0. The molecule has 6 rings (SSSR count). The Morgan fingerprint density at radius 1 is 1.00 bits per heavy atom. The highest BCUT2D eigenvalue weighted by molar-refractivity contribution is 6.01. The maximum absolute atomic E-state index is 14.1. The van der Waals surface area contributed by atoms with Crippen LogP contribution in [0.5, 0.6) is 11.5 Å². The molecule has 3 heterocycles. The van der Waals surface area contributed by atoms with E-state index in [2.05, 4.69) is 49.0 Å². The van der Waals surface area contributed by atoms with Crippen molar-refractivity contribution in [2.75, 3.05) is 63.7 Å². The third-order valence-corrected chi connectivity index (χ3v) is 8.88. The standard InChI is InChI=1S/C31H38N6O3/c1-4-35-15-17-36(18-16-35)26-8-5-7-24-25(26)21-37(29(24)38)31(22-9-10-27(39-2)28(19-22)40-3)20-23(31)11-14-34-30-32-12-6-13-33-30/h5-10,12-13,19,23H,4,11,14-18,20-21H2,1-3H3,(H,32,33,34)/t23-,31?/m0/s1. The number of methoxy groups -OCH3 is 2. The van der Waals surface area contributed by atoms with E-state index in [1.54, 1.807) is 26.6 Å². The van der Waals surface area contributed by atoms with Crippen molar-refractivity contribution in [1.82, 2.24) is 19.8 Å². The lowest BCUT2D eigenvalue weighted by molar-refractivity contribution is 0.0646. The summed E-state index contributed by atoms with van der Waals surface area (Å²) in [7, 11) is 3.30. The minimum atomic E-state index is -0.410. The Balaban J connectivity index is 1.29. The summed E-state index contributed by atoms with van der Waals surface area (Å²) in [5.74, 6) is 2.39. The second kappa shape index (κ2) is 11.0. The summed E-state index contributed by atoms with van der Waals surface area (Å²) in [6.07, 6.45) is 5.25. The summed E-state index contributed by atoms with van der Waals surface area (Å²) in [5.41, 5.74) is 3.86. The molecule has 0 radical (unpaired) electrons.